The second-order valence-corrected chi connectivity index (χ2v) is 5.33. The quantitative estimate of drug-likeness (QED) is 0.780. The van der Waals surface area contributed by atoms with E-state index in [2.05, 4.69) is 25.6 Å². The number of hydrogen-bond acceptors (Lipinski definition) is 7. The van der Waals surface area contributed by atoms with Gasteiger partial charge in [0.2, 0.25) is 5.13 Å². The first kappa shape index (κ1) is 13.6. The van der Waals surface area contributed by atoms with Gasteiger partial charge in [-0.15, -0.1) is 10.2 Å². The van der Waals surface area contributed by atoms with Gasteiger partial charge in [0.05, 0.1) is 6.20 Å². The van der Waals surface area contributed by atoms with E-state index in [-0.39, 0.29) is 5.91 Å². The van der Waals surface area contributed by atoms with E-state index in [0.29, 0.717) is 28.1 Å². The minimum Gasteiger partial charge on any atom is -0.377 e. The molecule has 0 aliphatic carbocycles. The molecule has 21 heavy (non-hydrogen) atoms. The standard InChI is InChI=1S/C12H12N6O2S/c1-7-5-8(18-9(14-7)3-4-13-18)11(19)15-12-17-16-10(21-12)6-20-2/h3-5H,6H2,1-2H3,(H,15,17,19). The Morgan fingerprint density at radius 2 is 2.33 bits per heavy atom. The Morgan fingerprint density at radius 1 is 1.48 bits per heavy atom. The predicted molar refractivity (Wildman–Crippen MR) is 76.3 cm³/mol. The van der Waals surface area contributed by atoms with Crippen LogP contribution in [0.1, 0.15) is 21.2 Å². The molecule has 9 heteroatoms. The molecule has 0 saturated carbocycles. The van der Waals surface area contributed by atoms with E-state index in [0.717, 1.165) is 5.69 Å². The molecule has 3 rings (SSSR count). The normalized spacial score (nSPS) is 11.0. The maximum Gasteiger partial charge on any atom is 0.276 e. The van der Waals surface area contributed by atoms with E-state index in [4.69, 9.17) is 4.74 Å². The second kappa shape index (κ2) is 5.54. The van der Waals surface area contributed by atoms with Crippen LogP contribution in [0.2, 0.25) is 0 Å². The number of anilines is 1. The van der Waals surface area contributed by atoms with E-state index in [1.54, 1.807) is 25.4 Å². The number of amides is 1. The van der Waals surface area contributed by atoms with Gasteiger partial charge in [-0.3, -0.25) is 10.1 Å². The number of carbonyl (C=O) groups excluding carboxylic acids is 1. The van der Waals surface area contributed by atoms with Gasteiger partial charge >= 0.3 is 0 Å². The summed E-state index contributed by atoms with van der Waals surface area (Å²) in [6.07, 6.45) is 1.60. The Balaban J connectivity index is 1.87. The summed E-state index contributed by atoms with van der Waals surface area (Å²) in [7, 11) is 1.58. The van der Waals surface area contributed by atoms with E-state index in [1.165, 1.54) is 15.9 Å². The van der Waals surface area contributed by atoms with Gasteiger partial charge in [0.15, 0.2) is 5.65 Å². The van der Waals surface area contributed by atoms with E-state index in [9.17, 15) is 4.79 Å². The van der Waals surface area contributed by atoms with Crippen LogP contribution in [-0.4, -0.2) is 37.8 Å². The summed E-state index contributed by atoms with van der Waals surface area (Å²) in [6, 6.07) is 3.41. The Morgan fingerprint density at radius 3 is 3.14 bits per heavy atom. The Labute approximate surface area is 123 Å². The van der Waals surface area contributed by atoms with Crippen molar-refractivity contribution in [3.63, 3.8) is 0 Å². The third-order valence-electron chi connectivity index (χ3n) is 2.68. The Kier molecular flexibility index (Phi) is 3.59. The summed E-state index contributed by atoms with van der Waals surface area (Å²) in [6.45, 7) is 2.19. The molecule has 0 bridgehead atoms. The molecule has 0 aromatic carbocycles. The summed E-state index contributed by atoms with van der Waals surface area (Å²) in [4.78, 5) is 16.6. The summed E-state index contributed by atoms with van der Waals surface area (Å²) >= 11 is 1.27. The van der Waals surface area contributed by atoms with Crippen molar-refractivity contribution < 1.29 is 9.53 Å². The van der Waals surface area contributed by atoms with Crippen molar-refractivity contribution in [1.29, 1.82) is 0 Å². The SMILES string of the molecule is COCc1nnc(NC(=O)c2cc(C)nc3ccnn23)s1. The number of ether oxygens (including phenoxy) is 1. The highest BCUT2D eigenvalue weighted by atomic mass is 32.1. The van der Waals surface area contributed by atoms with Crippen LogP contribution in [-0.2, 0) is 11.3 Å². The van der Waals surface area contributed by atoms with Crippen LogP contribution in [0.4, 0.5) is 5.13 Å². The summed E-state index contributed by atoms with van der Waals surface area (Å²) in [5.74, 6) is -0.311. The minimum atomic E-state index is -0.311. The van der Waals surface area contributed by atoms with Crippen molar-refractivity contribution in [3.05, 3.63) is 34.7 Å². The molecule has 8 nitrogen and oxygen atoms in total. The molecule has 1 amide bonds. The first-order valence-corrected chi connectivity index (χ1v) is 6.93. The average Bonchev–Trinajstić information content (AvgIpc) is 3.07. The van der Waals surface area contributed by atoms with E-state index < -0.39 is 0 Å². The summed E-state index contributed by atoms with van der Waals surface area (Å²) < 4.78 is 6.45. The molecule has 0 radical (unpaired) electrons. The molecule has 0 saturated heterocycles. The lowest BCUT2D eigenvalue weighted by molar-refractivity contribution is 0.101. The largest absolute Gasteiger partial charge is 0.377 e. The van der Waals surface area contributed by atoms with E-state index >= 15 is 0 Å². The number of hydrogen-bond donors (Lipinski definition) is 1. The third-order valence-corrected chi connectivity index (χ3v) is 3.49. The van der Waals surface area contributed by atoms with Crippen LogP contribution in [0, 0.1) is 6.92 Å². The van der Waals surface area contributed by atoms with Crippen LogP contribution in [0.25, 0.3) is 5.65 Å². The highest BCUT2D eigenvalue weighted by molar-refractivity contribution is 7.15. The van der Waals surface area contributed by atoms with E-state index in [1.807, 2.05) is 6.92 Å². The summed E-state index contributed by atoms with van der Waals surface area (Å²) in [5.41, 5.74) is 1.76. The van der Waals surface area contributed by atoms with Gasteiger partial charge in [-0.1, -0.05) is 11.3 Å². The zero-order valence-electron chi connectivity index (χ0n) is 11.4. The third kappa shape index (κ3) is 2.73. The molecular weight excluding hydrogens is 292 g/mol. The number of rotatable bonds is 4. The number of aromatic nitrogens is 5. The highest BCUT2D eigenvalue weighted by Gasteiger charge is 2.15. The fourth-order valence-corrected chi connectivity index (χ4v) is 2.55. The average molecular weight is 304 g/mol. The van der Waals surface area contributed by atoms with Crippen molar-refractivity contribution >= 4 is 28.0 Å². The molecular formula is C12H12N6O2S. The number of nitrogens with one attached hydrogen (secondary N) is 1. The van der Waals surface area contributed by atoms with Gasteiger partial charge < -0.3 is 4.74 Å². The van der Waals surface area contributed by atoms with Crippen molar-refractivity contribution in [3.8, 4) is 0 Å². The number of methoxy groups -OCH3 is 1. The number of aryl methyl sites for hydroxylation is 1. The van der Waals surface area contributed by atoms with Crippen LogP contribution in [0.3, 0.4) is 0 Å². The first-order chi connectivity index (χ1) is 10.2. The molecule has 3 heterocycles. The van der Waals surface area contributed by atoms with Gasteiger partial charge in [0.25, 0.3) is 5.91 Å². The van der Waals surface area contributed by atoms with Gasteiger partial charge in [-0.05, 0) is 13.0 Å². The molecule has 3 aromatic rings. The molecule has 0 unspecified atom stereocenters. The van der Waals surface area contributed by atoms with Crippen LogP contribution in [0.15, 0.2) is 18.3 Å². The minimum absolute atomic E-state index is 0.311. The molecule has 0 atom stereocenters. The molecule has 0 spiro atoms. The van der Waals surface area contributed by atoms with Gasteiger partial charge in [0, 0.05) is 18.9 Å². The lowest BCUT2D eigenvalue weighted by Crippen LogP contribution is -2.17. The fraction of sp³-hybridized carbons (Fsp3) is 0.250. The van der Waals surface area contributed by atoms with Crippen molar-refractivity contribution in [2.75, 3.05) is 12.4 Å². The molecule has 1 N–H and O–H groups in total. The van der Waals surface area contributed by atoms with Crippen molar-refractivity contribution in [2.24, 2.45) is 0 Å². The lowest BCUT2D eigenvalue weighted by atomic mass is 10.3. The monoisotopic (exact) mass is 304 g/mol. The molecule has 3 aromatic heterocycles. The fourth-order valence-electron chi connectivity index (χ4n) is 1.85. The zero-order chi connectivity index (χ0) is 14.8. The number of nitrogens with zero attached hydrogens (tertiary/aromatic N) is 5. The van der Waals surface area contributed by atoms with Crippen LogP contribution >= 0.6 is 11.3 Å². The van der Waals surface area contributed by atoms with Crippen LogP contribution < -0.4 is 5.32 Å². The molecule has 0 fully saturated rings. The Hall–Kier alpha value is -2.39. The molecule has 0 aliphatic heterocycles. The maximum absolute atomic E-state index is 12.4. The number of carbonyl (C=O) groups is 1. The second-order valence-electron chi connectivity index (χ2n) is 4.27. The maximum atomic E-state index is 12.4. The molecule has 0 aliphatic rings. The van der Waals surface area contributed by atoms with Crippen LogP contribution in [0.5, 0.6) is 0 Å². The van der Waals surface area contributed by atoms with Crippen molar-refractivity contribution in [1.82, 2.24) is 24.8 Å². The smallest absolute Gasteiger partial charge is 0.276 e. The van der Waals surface area contributed by atoms with Gasteiger partial charge in [0.1, 0.15) is 17.3 Å². The van der Waals surface area contributed by atoms with Gasteiger partial charge in [-0.2, -0.15) is 5.10 Å². The highest BCUT2D eigenvalue weighted by Crippen LogP contribution is 2.17. The van der Waals surface area contributed by atoms with Crippen molar-refractivity contribution in [2.45, 2.75) is 13.5 Å². The number of fused-ring (bicyclic) bond motifs is 1. The summed E-state index contributed by atoms with van der Waals surface area (Å²) in [5, 5.41) is 15.7. The molecule has 108 valence electrons. The topological polar surface area (TPSA) is 94.3 Å². The lowest BCUT2D eigenvalue weighted by Gasteiger charge is -2.05. The Bertz CT molecular complexity index is 796. The van der Waals surface area contributed by atoms with Gasteiger partial charge in [-0.25, -0.2) is 9.50 Å². The zero-order valence-corrected chi connectivity index (χ0v) is 12.2. The predicted octanol–water partition coefficient (Wildman–Crippen LogP) is 1.29. The first-order valence-electron chi connectivity index (χ1n) is 6.11.